The molecule has 0 aliphatic heterocycles. The van der Waals surface area contributed by atoms with Crippen LogP contribution in [0.1, 0.15) is 33.6 Å². The molecule has 0 aliphatic carbocycles. The molecule has 1 heterocycles. The summed E-state index contributed by atoms with van der Waals surface area (Å²) in [6.07, 6.45) is -2.92. The van der Waals surface area contributed by atoms with Gasteiger partial charge >= 0.3 is 6.18 Å². The van der Waals surface area contributed by atoms with Crippen molar-refractivity contribution < 1.29 is 18.0 Å². The number of halogens is 3. The van der Waals surface area contributed by atoms with Gasteiger partial charge in [-0.1, -0.05) is 35.9 Å². The van der Waals surface area contributed by atoms with Gasteiger partial charge in [-0.05, 0) is 44.5 Å². The first-order valence-electron chi connectivity index (χ1n) is 9.96. The molecule has 0 aliphatic rings. The fourth-order valence-corrected chi connectivity index (χ4v) is 3.11. The largest absolute Gasteiger partial charge is 0.416 e. The summed E-state index contributed by atoms with van der Waals surface area (Å²) in [7, 11) is 0. The average molecular weight is 443 g/mol. The lowest BCUT2D eigenvalue weighted by Crippen LogP contribution is -2.26. The first-order chi connectivity index (χ1) is 15.1. The maximum absolute atomic E-state index is 12.8. The number of amides is 1. The highest BCUT2D eigenvalue weighted by molar-refractivity contribution is 5.85. The average Bonchev–Trinajstić information content (AvgIpc) is 3.01. The van der Waals surface area contributed by atoms with E-state index >= 15 is 0 Å². The predicted molar refractivity (Wildman–Crippen MR) is 118 cm³/mol. The fourth-order valence-electron chi connectivity index (χ4n) is 3.11. The second-order valence-corrected chi connectivity index (χ2v) is 7.45. The molecule has 0 atom stereocenters. The minimum absolute atomic E-state index is 0.197. The Bertz CT molecular complexity index is 1120. The number of benzene rings is 2. The number of aryl methyl sites for hydroxylation is 2. The van der Waals surface area contributed by atoms with Crippen LogP contribution in [0.2, 0.25) is 0 Å². The van der Waals surface area contributed by atoms with Gasteiger partial charge in [-0.3, -0.25) is 9.48 Å². The maximum Gasteiger partial charge on any atom is 0.416 e. The number of carbonyl (C=O) groups excluding carboxylic acids is 1. The lowest BCUT2D eigenvalue weighted by Gasteiger charge is -2.10. The van der Waals surface area contributed by atoms with Crippen molar-refractivity contribution in [3.8, 4) is 0 Å². The third-order valence-corrected chi connectivity index (χ3v) is 4.92. The van der Waals surface area contributed by atoms with Crippen LogP contribution in [0.5, 0.6) is 0 Å². The second-order valence-electron chi connectivity index (χ2n) is 7.45. The number of nitrogens with one attached hydrogen (secondary N) is 2. The number of hydrogen-bond donors (Lipinski definition) is 2. The highest BCUT2D eigenvalue weighted by Crippen LogP contribution is 2.30. The van der Waals surface area contributed by atoms with E-state index in [0.717, 1.165) is 34.6 Å². The Morgan fingerprint density at radius 1 is 1.12 bits per heavy atom. The Labute approximate surface area is 184 Å². The molecule has 9 heteroatoms. The Hall–Kier alpha value is -3.62. The Kier molecular flexibility index (Phi) is 6.97. The lowest BCUT2D eigenvalue weighted by atomic mass is 10.1. The van der Waals surface area contributed by atoms with E-state index in [2.05, 4.69) is 33.1 Å². The van der Waals surface area contributed by atoms with Crippen molar-refractivity contribution in [2.75, 3.05) is 11.9 Å². The van der Waals surface area contributed by atoms with E-state index in [1.54, 1.807) is 0 Å². The van der Waals surface area contributed by atoms with E-state index < -0.39 is 17.6 Å². The van der Waals surface area contributed by atoms with Crippen molar-refractivity contribution in [2.24, 2.45) is 5.10 Å². The van der Waals surface area contributed by atoms with Crippen molar-refractivity contribution in [3.63, 3.8) is 0 Å². The summed E-state index contributed by atoms with van der Waals surface area (Å²) in [5, 5.41) is 11.2. The van der Waals surface area contributed by atoms with Crippen molar-refractivity contribution in [1.82, 2.24) is 15.2 Å². The number of anilines is 1. The van der Waals surface area contributed by atoms with Crippen LogP contribution >= 0.6 is 0 Å². The molecule has 3 rings (SSSR count). The SMILES string of the molecule is Cc1ccc(Cn2nc(C)c(C=NNC(=O)CNc3cccc(C(F)(F)F)c3)c2C)cc1. The summed E-state index contributed by atoms with van der Waals surface area (Å²) in [5.41, 5.74) is 6.57. The first-order valence-corrected chi connectivity index (χ1v) is 9.96. The standard InChI is InChI=1S/C23H24F3N5O/c1-15-7-9-18(10-8-15)14-31-17(3)21(16(2)30-31)12-28-29-22(32)13-27-20-6-4-5-19(11-20)23(24,25)26/h4-12,27H,13-14H2,1-3H3,(H,29,32). The predicted octanol–water partition coefficient (Wildman–Crippen LogP) is 4.44. The second kappa shape index (κ2) is 9.67. The molecule has 0 radical (unpaired) electrons. The summed E-state index contributed by atoms with van der Waals surface area (Å²) in [6, 6.07) is 12.9. The topological polar surface area (TPSA) is 71.3 Å². The van der Waals surface area contributed by atoms with E-state index in [1.165, 1.54) is 23.9 Å². The maximum atomic E-state index is 12.8. The third kappa shape index (κ3) is 5.96. The van der Waals surface area contributed by atoms with Gasteiger partial charge in [-0.15, -0.1) is 0 Å². The number of alkyl halides is 3. The van der Waals surface area contributed by atoms with Gasteiger partial charge in [0, 0.05) is 16.9 Å². The van der Waals surface area contributed by atoms with Crippen molar-refractivity contribution in [1.29, 1.82) is 0 Å². The molecule has 0 bridgehead atoms. The zero-order chi connectivity index (χ0) is 23.3. The van der Waals surface area contributed by atoms with Crippen molar-refractivity contribution in [2.45, 2.75) is 33.5 Å². The quantitative estimate of drug-likeness (QED) is 0.419. The number of carbonyl (C=O) groups is 1. The van der Waals surface area contributed by atoms with Gasteiger partial charge < -0.3 is 5.32 Å². The Morgan fingerprint density at radius 3 is 2.53 bits per heavy atom. The smallest absolute Gasteiger partial charge is 0.376 e. The van der Waals surface area contributed by atoms with Gasteiger partial charge in [0.2, 0.25) is 0 Å². The van der Waals surface area contributed by atoms with E-state index in [-0.39, 0.29) is 12.2 Å². The summed E-state index contributed by atoms with van der Waals surface area (Å²) >= 11 is 0. The molecule has 2 aromatic carbocycles. The molecule has 2 N–H and O–H groups in total. The number of hydrogen-bond acceptors (Lipinski definition) is 4. The van der Waals surface area contributed by atoms with Gasteiger partial charge in [-0.2, -0.15) is 23.4 Å². The molecule has 32 heavy (non-hydrogen) atoms. The van der Waals surface area contributed by atoms with Crippen LogP contribution in [0.25, 0.3) is 0 Å². The van der Waals surface area contributed by atoms with Crippen LogP contribution in [0, 0.1) is 20.8 Å². The summed E-state index contributed by atoms with van der Waals surface area (Å²) in [6.45, 7) is 6.21. The van der Waals surface area contributed by atoms with E-state index in [0.29, 0.717) is 6.54 Å². The Balaban J connectivity index is 1.57. The minimum atomic E-state index is -4.44. The molecule has 1 aromatic heterocycles. The van der Waals surface area contributed by atoms with Crippen molar-refractivity contribution >= 4 is 17.8 Å². The molecule has 0 saturated heterocycles. The van der Waals surface area contributed by atoms with Gasteiger partial charge in [0.1, 0.15) is 0 Å². The van der Waals surface area contributed by atoms with Crippen molar-refractivity contribution in [3.05, 3.63) is 82.2 Å². The zero-order valence-corrected chi connectivity index (χ0v) is 18.0. The monoisotopic (exact) mass is 443 g/mol. The van der Waals surface area contributed by atoms with Crippen LogP contribution < -0.4 is 10.7 Å². The van der Waals surface area contributed by atoms with Crippen LogP contribution in [0.4, 0.5) is 18.9 Å². The number of rotatable bonds is 7. The third-order valence-electron chi connectivity index (χ3n) is 4.92. The number of nitrogens with zero attached hydrogens (tertiary/aromatic N) is 3. The molecule has 168 valence electrons. The van der Waals surface area contributed by atoms with Gasteiger partial charge in [-0.25, -0.2) is 5.43 Å². The molecule has 0 saturated carbocycles. The molecular weight excluding hydrogens is 419 g/mol. The fraction of sp³-hybridized carbons (Fsp3) is 0.261. The van der Waals surface area contributed by atoms with Crippen LogP contribution in [-0.4, -0.2) is 28.4 Å². The normalized spacial score (nSPS) is 11.7. The highest BCUT2D eigenvalue weighted by Gasteiger charge is 2.30. The lowest BCUT2D eigenvalue weighted by molar-refractivity contribution is -0.137. The van der Waals surface area contributed by atoms with Crippen LogP contribution in [0.3, 0.4) is 0 Å². The minimum Gasteiger partial charge on any atom is -0.376 e. The molecule has 1 amide bonds. The van der Waals surface area contributed by atoms with E-state index in [1.807, 2.05) is 37.6 Å². The van der Waals surface area contributed by atoms with Crippen LogP contribution in [-0.2, 0) is 17.5 Å². The molecule has 0 fully saturated rings. The summed E-state index contributed by atoms with van der Waals surface area (Å²) in [4.78, 5) is 12.0. The van der Waals surface area contributed by atoms with Gasteiger partial charge in [0.05, 0.1) is 30.6 Å². The van der Waals surface area contributed by atoms with Gasteiger partial charge in [0.25, 0.3) is 5.91 Å². The Morgan fingerprint density at radius 2 is 1.84 bits per heavy atom. The number of aromatic nitrogens is 2. The molecule has 3 aromatic rings. The zero-order valence-electron chi connectivity index (χ0n) is 18.0. The molecular formula is C23H24F3N5O. The highest BCUT2D eigenvalue weighted by atomic mass is 19.4. The summed E-state index contributed by atoms with van der Waals surface area (Å²) in [5.74, 6) is -0.485. The number of hydrazone groups is 1. The van der Waals surface area contributed by atoms with Gasteiger partial charge in [0.15, 0.2) is 0 Å². The first kappa shape index (κ1) is 23.1. The molecule has 6 nitrogen and oxygen atoms in total. The van der Waals surface area contributed by atoms with E-state index in [9.17, 15) is 18.0 Å². The summed E-state index contributed by atoms with van der Waals surface area (Å²) < 4.78 is 40.2. The van der Waals surface area contributed by atoms with Crippen LogP contribution in [0.15, 0.2) is 53.6 Å². The molecule has 0 unspecified atom stereocenters. The molecule has 0 spiro atoms. The van der Waals surface area contributed by atoms with E-state index in [4.69, 9.17) is 0 Å².